The number of aromatic amines is 1. The zero-order chi connectivity index (χ0) is 14.1. The van der Waals surface area contributed by atoms with Gasteiger partial charge in [-0.25, -0.2) is 4.98 Å². The van der Waals surface area contributed by atoms with Crippen molar-refractivity contribution in [2.75, 3.05) is 0 Å². The minimum atomic E-state index is 0.374. The van der Waals surface area contributed by atoms with Gasteiger partial charge in [-0.1, -0.05) is 17.2 Å². The first-order valence-corrected chi connectivity index (χ1v) is 7.51. The number of nitrogens with one attached hydrogen (secondary N) is 2. The summed E-state index contributed by atoms with van der Waals surface area (Å²) in [5.41, 5.74) is 4.93. The summed E-state index contributed by atoms with van der Waals surface area (Å²) in [5, 5.41) is 3.63. The van der Waals surface area contributed by atoms with Gasteiger partial charge in [0.2, 0.25) is 0 Å². The Hall–Kier alpha value is -1.61. The van der Waals surface area contributed by atoms with E-state index >= 15 is 0 Å². The highest BCUT2D eigenvalue weighted by Gasteiger charge is 2.21. The first-order valence-electron chi connectivity index (χ1n) is 7.51. The molecular weight excluding hydrogens is 246 g/mol. The monoisotopic (exact) mass is 269 g/mol. The molecule has 2 atom stereocenters. The van der Waals surface area contributed by atoms with Crippen LogP contribution in [0, 0.1) is 13.8 Å². The second-order valence-corrected chi connectivity index (χ2v) is 6.11. The molecule has 0 radical (unpaired) electrons. The Kier molecular flexibility index (Phi) is 3.62. The van der Waals surface area contributed by atoms with E-state index in [1.165, 1.54) is 36.0 Å². The normalized spacial score (nSPS) is 22.9. The second kappa shape index (κ2) is 5.41. The first-order chi connectivity index (χ1) is 9.61. The smallest absolute Gasteiger partial charge is 0.123 e. The van der Waals surface area contributed by atoms with Gasteiger partial charge in [0.25, 0.3) is 0 Å². The van der Waals surface area contributed by atoms with E-state index in [1.807, 2.05) is 6.20 Å². The predicted octanol–water partition coefficient (Wildman–Crippen LogP) is 3.90. The maximum absolute atomic E-state index is 4.59. The standard InChI is InChI=1S/C17H23N3/c1-11-7-12(2)9-14(8-11)16-10-18-17(20-16)15-6-4-5-13(3)19-15/h7-10,13,15,19H,4-6H2,1-3H3,(H,18,20). The highest BCUT2D eigenvalue weighted by atomic mass is 15.0. The topological polar surface area (TPSA) is 40.7 Å². The maximum Gasteiger partial charge on any atom is 0.123 e. The number of hydrogen-bond donors (Lipinski definition) is 2. The van der Waals surface area contributed by atoms with Crippen molar-refractivity contribution in [2.45, 2.75) is 52.1 Å². The van der Waals surface area contributed by atoms with Gasteiger partial charge in [-0.05, 0) is 52.2 Å². The van der Waals surface area contributed by atoms with E-state index < -0.39 is 0 Å². The molecule has 2 heterocycles. The molecule has 0 bridgehead atoms. The van der Waals surface area contributed by atoms with Crippen LogP contribution in [0.15, 0.2) is 24.4 Å². The molecule has 3 nitrogen and oxygen atoms in total. The van der Waals surface area contributed by atoms with Gasteiger partial charge < -0.3 is 10.3 Å². The average molecular weight is 269 g/mol. The van der Waals surface area contributed by atoms with Crippen molar-refractivity contribution < 1.29 is 0 Å². The largest absolute Gasteiger partial charge is 0.341 e. The molecule has 1 saturated heterocycles. The molecule has 20 heavy (non-hydrogen) atoms. The van der Waals surface area contributed by atoms with E-state index in [0.29, 0.717) is 12.1 Å². The van der Waals surface area contributed by atoms with Gasteiger partial charge in [-0.15, -0.1) is 0 Å². The summed E-state index contributed by atoms with van der Waals surface area (Å²) in [5.74, 6) is 1.07. The van der Waals surface area contributed by atoms with E-state index in [4.69, 9.17) is 0 Å². The van der Waals surface area contributed by atoms with Gasteiger partial charge in [0, 0.05) is 11.6 Å². The van der Waals surface area contributed by atoms with Gasteiger partial charge >= 0.3 is 0 Å². The van der Waals surface area contributed by atoms with Crippen LogP contribution in [0.5, 0.6) is 0 Å². The van der Waals surface area contributed by atoms with Gasteiger partial charge in [0.15, 0.2) is 0 Å². The SMILES string of the molecule is Cc1cc(C)cc(-c2cnc(C3CCCC(C)N3)[nH]2)c1. The van der Waals surface area contributed by atoms with Crippen molar-refractivity contribution >= 4 is 0 Å². The molecule has 2 N–H and O–H groups in total. The molecule has 2 unspecified atom stereocenters. The summed E-state index contributed by atoms with van der Waals surface area (Å²) in [7, 11) is 0. The minimum Gasteiger partial charge on any atom is -0.341 e. The molecule has 1 aliphatic rings. The lowest BCUT2D eigenvalue weighted by atomic mass is 9.99. The van der Waals surface area contributed by atoms with Crippen LogP contribution < -0.4 is 5.32 Å². The van der Waals surface area contributed by atoms with Crippen LogP contribution in [0.4, 0.5) is 0 Å². The molecule has 1 aromatic carbocycles. The fourth-order valence-corrected chi connectivity index (χ4v) is 3.14. The van der Waals surface area contributed by atoms with Crippen molar-refractivity contribution in [1.82, 2.24) is 15.3 Å². The van der Waals surface area contributed by atoms with E-state index in [9.17, 15) is 0 Å². The zero-order valence-corrected chi connectivity index (χ0v) is 12.5. The third kappa shape index (κ3) is 2.78. The highest BCUT2D eigenvalue weighted by Crippen LogP contribution is 2.26. The number of H-pyrrole nitrogens is 1. The molecule has 0 aliphatic carbocycles. The van der Waals surface area contributed by atoms with Gasteiger partial charge in [-0.3, -0.25) is 0 Å². The Labute approximate surface area is 120 Å². The van der Waals surface area contributed by atoms with Gasteiger partial charge in [0.1, 0.15) is 5.82 Å². The Bertz CT molecular complexity index is 580. The van der Waals surface area contributed by atoms with Crippen LogP contribution >= 0.6 is 0 Å². The van der Waals surface area contributed by atoms with Crippen LogP contribution in [-0.2, 0) is 0 Å². The lowest BCUT2D eigenvalue weighted by Crippen LogP contribution is -2.35. The minimum absolute atomic E-state index is 0.374. The maximum atomic E-state index is 4.59. The van der Waals surface area contributed by atoms with E-state index in [2.05, 4.69) is 54.3 Å². The summed E-state index contributed by atoms with van der Waals surface area (Å²) in [6.45, 7) is 6.52. The Balaban J connectivity index is 1.86. The van der Waals surface area contributed by atoms with E-state index in [1.54, 1.807) is 0 Å². The fraction of sp³-hybridized carbons (Fsp3) is 0.471. The summed E-state index contributed by atoms with van der Waals surface area (Å²) >= 11 is 0. The molecule has 3 rings (SSSR count). The van der Waals surface area contributed by atoms with Crippen molar-refractivity contribution in [3.05, 3.63) is 41.3 Å². The van der Waals surface area contributed by atoms with E-state index in [-0.39, 0.29) is 0 Å². The quantitative estimate of drug-likeness (QED) is 0.868. The number of aromatic nitrogens is 2. The van der Waals surface area contributed by atoms with Gasteiger partial charge in [-0.2, -0.15) is 0 Å². The first kappa shape index (κ1) is 13.4. The fourth-order valence-electron chi connectivity index (χ4n) is 3.14. The zero-order valence-electron chi connectivity index (χ0n) is 12.5. The van der Waals surface area contributed by atoms with Crippen LogP contribution in [0.1, 0.15) is 49.2 Å². The van der Waals surface area contributed by atoms with Gasteiger partial charge in [0.05, 0.1) is 17.9 Å². The number of nitrogens with zero attached hydrogens (tertiary/aromatic N) is 1. The van der Waals surface area contributed by atoms with Crippen molar-refractivity contribution in [3.63, 3.8) is 0 Å². The van der Waals surface area contributed by atoms with Crippen LogP contribution in [-0.4, -0.2) is 16.0 Å². The third-order valence-corrected chi connectivity index (χ3v) is 4.07. The van der Waals surface area contributed by atoms with Crippen molar-refractivity contribution in [2.24, 2.45) is 0 Å². The van der Waals surface area contributed by atoms with Crippen molar-refractivity contribution in [1.29, 1.82) is 0 Å². The summed E-state index contributed by atoms with van der Waals surface area (Å²) < 4.78 is 0. The number of imidazole rings is 1. The number of benzene rings is 1. The molecular formula is C17H23N3. The van der Waals surface area contributed by atoms with Crippen LogP contribution in [0.2, 0.25) is 0 Å². The average Bonchev–Trinajstić information content (AvgIpc) is 2.87. The molecule has 1 fully saturated rings. The number of piperidine rings is 1. The van der Waals surface area contributed by atoms with Crippen molar-refractivity contribution in [3.8, 4) is 11.3 Å². The molecule has 3 heteroatoms. The predicted molar refractivity (Wildman–Crippen MR) is 82.7 cm³/mol. The second-order valence-electron chi connectivity index (χ2n) is 6.11. The molecule has 0 saturated carbocycles. The number of rotatable bonds is 2. The molecule has 0 amide bonds. The summed E-state index contributed by atoms with van der Waals surface area (Å²) in [6.07, 6.45) is 5.67. The number of hydrogen-bond acceptors (Lipinski definition) is 2. The third-order valence-electron chi connectivity index (χ3n) is 4.07. The Morgan fingerprint density at radius 1 is 1.10 bits per heavy atom. The Morgan fingerprint density at radius 3 is 2.55 bits per heavy atom. The van der Waals surface area contributed by atoms with E-state index in [0.717, 1.165) is 11.5 Å². The molecule has 1 aromatic heterocycles. The molecule has 2 aromatic rings. The number of aryl methyl sites for hydroxylation is 2. The summed E-state index contributed by atoms with van der Waals surface area (Å²) in [4.78, 5) is 8.09. The molecule has 0 spiro atoms. The molecule has 106 valence electrons. The van der Waals surface area contributed by atoms with Crippen LogP contribution in [0.25, 0.3) is 11.3 Å². The molecule has 1 aliphatic heterocycles. The summed E-state index contributed by atoms with van der Waals surface area (Å²) in [6, 6.07) is 7.58. The highest BCUT2D eigenvalue weighted by molar-refractivity contribution is 5.60. The van der Waals surface area contributed by atoms with Crippen LogP contribution in [0.3, 0.4) is 0 Å². The Morgan fingerprint density at radius 2 is 1.85 bits per heavy atom. The lowest BCUT2D eigenvalue weighted by molar-refractivity contribution is 0.332. The lowest BCUT2D eigenvalue weighted by Gasteiger charge is -2.27.